The van der Waals surface area contributed by atoms with Gasteiger partial charge in [-0.1, -0.05) is 12.1 Å². The van der Waals surface area contributed by atoms with Gasteiger partial charge in [0.25, 0.3) is 0 Å². The summed E-state index contributed by atoms with van der Waals surface area (Å²) in [6.07, 6.45) is 2.22. The molecule has 1 saturated heterocycles. The molecule has 2 rings (SSSR count). The minimum atomic E-state index is -0.0415. The summed E-state index contributed by atoms with van der Waals surface area (Å²) in [4.78, 5) is 25.2. The van der Waals surface area contributed by atoms with Gasteiger partial charge in [0.2, 0.25) is 11.8 Å². The summed E-state index contributed by atoms with van der Waals surface area (Å²) in [5.41, 5.74) is 7.32. The fourth-order valence-corrected chi connectivity index (χ4v) is 2.60. The van der Waals surface area contributed by atoms with Crippen LogP contribution in [0.25, 0.3) is 0 Å². The zero-order chi connectivity index (χ0) is 14.5. The maximum absolute atomic E-state index is 12.3. The number of anilines is 1. The number of nitrogens with zero attached hydrogens (tertiary/aromatic N) is 1. The first-order valence-electron chi connectivity index (χ1n) is 6.94. The van der Waals surface area contributed by atoms with Crippen molar-refractivity contribution in [2.45, 2.75) is 32.2 Å². The molecule has 20 heavy (non-hydrogen) atoms. The normalized spacial score (nSPS) is 18.6. The first-order chi connectivity index (χ1) is 9.54. The van der Waals surface area contributed by atoms with Gasteiger partial charge in [-0.2, -0.15) is 0 Å². The first kappa shape index (κ1) is 14.4. The molecular formula is C15H21N3O2. The number of carbonyl (C=O) groups is 2. The Bertz CT molecular complexity index is 502. The lowest BCUT2D eigenvalue weighted by atomic mass is 10.0. The SMILES string of the molecule is CC(=O)NC1CCCN(C(=O)Cc2cccc(N)c2)C1. The van der Waals surface area contributed by atoms with E-state index in [-0.39, 0.29) is 17.9 Å². The molecular weight excluding hydrogens is 254 g/mol. The van der Waals surface area contributed by atoms with Crippen LogP contribution < -0.4 is 11.1 Å². The average molecular weight is 275 g/mol. The van der Waals surface area contributed by atoms with Gasteiger partial charge in [0, 0.05) is 31.7 Å². The minimum absolute atomic E-state index is 0.0415. The van der Waals surface area contributed by atoms with E-state index in [1.54, 1.807) is 0 Å². The summed E-state index contributed by atoms with van der Waals surface area (Å²) >= 11 is 0. The van der Waals surface area contributed by atoms with E-state index in [0.717, 1.165) is 24.9 Å². The molecule has 108 valence electrons. The van der Waals surface area contributed by atoms with Gasteiger partial charge in [0.1, 0.15) is 0 Å². The number of benzene rings is 1. The molecule has 0 aromatic heterocycles. The Morgan fingerprint density at radius 3 is 2.95 bits per heavy atom. The number of piperidine rings is 1. The average Bonchev–Trinajstić information content (AvgIpc) is 2.38. The summed E-state index contributed by atoms with van der Waals surface area (Å²) in [6.45, 7) is 2.87. The zero-order valence-electron chi connectivity index (χ0n) is 11.8. The van der Waals surface area contributed by atoms with Crippen LogP contribution in [0.5, 0.6) is 0 Å². The number of likely N-dealkylation sites (tertiary alicyclic amines) is 1. The molecule has 5 heteroatoms. The number of rotatable bonds is 3. The lowest BCUT2D eigenvalue weighted by molar-refractivity contribution is -0.132. The fourth-order valence-electron chi connectivity index (χ4n) is 2.60. The predicted molar refractivity (Wildman–Crippen MR) is 78.0 cm³/mol. The predicted octanol–water partition coefficient (Wildman–Crippen LogP) is 0.938. The molecule has 0 spiro atoms. The van der Waals surface area contributed by atoms with Crippen molar-refractivity contribution < 1.29 is 9.59 Å². The monoisotopic (exact) mass is 275 g/mol. The molecule has 0 bridgehead atoms. The Kier molecular flexibility index (Phi) is 4.61. The van der Waals surface area contributed by atoms with E-state index in [9.17, 15) is 9.59 Å². The largest absolute Gasteiger partial charge is 0.399 e. The highest BCUT2D eigenvalue weighted by molar-refractivity contribution is 5.79. The highest BCUT2D eigenvalue weighted by Crippen LogP contribution is 2.13. The van der Waals surface area contributed by atoms with Gasteiger partial charge in [-0.05, 0) is 30.5 Å². The van der Waals surface area contributed by atoms with Crippen molar-refractivity contribution in [2.24, 2.45) is 0 Å². The van der Waals surface area contributed by atoms with Crippen LogP contribution in [0.15, 0.2) is 24.3 Å². The van der Waals surface area contributed by atoms with E-state index in [4.69, 9.17) is 5.73 Å². The van der Waals surface area contributed by atoms with Gasteiger partial charge in [-0.15, -0.1) is 0 Å². The second kappa shape index (κ2) is 6.41. The van der Waals surface area contributed by atoms with Crippen molar-refractivity contribution in [1.29, 1.82) is 0 Å². The molecule has 0 radical (unpaired) electrons. The van der Waals surface area contributed by atoms with Crippen LogP contribution in [0.2, 0.25) is 0 Å². The lowest BCUT2D eigenvalue weighted by Gasteiger charge is -2.33. The standard InChI is InChI=1S/C15H21N3O2/c1-11(19)17-14-6-3-7-18(10-14)15(20)9-12-4-2-5-13(16)8-12/h2,4-5,8,14H,3,6-7,9-10,16H2,1H3,(H,17,19). The van der Waals surface area contributed by atoms with Crippen molar-refractivity contribution in [3.8, 4) is 0 Å². The zero-order valence-corrected chi connectivity index (χ0v) is 11.8. The second-order valence-corrected chi connectivity index (χ2v) is 5.30. The van der Waals surface area contributed by atoms with E-state index in [1.165, 1.54) is 6.92 Å². The third kappa shape index (κ3) is 3.98. The van der Waals surface area contributed by atoms with Crippen LogP contribution in [0.3, 0.4) is 0 Å². The third-order valence-electron chi connectivity index (χ3n) is 3.49. The Morgan fingerprint density at radius 1 is 1.45 bits per heavy atom. The molecule has 1 aromatic rings. The number of nitrogen functional groups attached to an aromatic ring is 1. The van der Waals surface area contributed by atoms with Crippen LogP contribution in [0, 0.1) is 0 Å². The quantitative estimate of drug-likeness (QED) is 0.806. The summed E-state index contributed by atoms with van der Waals surface area (Å²) in [7, 11) is 0. The Morgan fingerprint density at radius 2 is 2.25 bits per heavy atom. The molecule has 1 aliphatic rings. The van der Waals surface area contributed by atoms with Crippen molar-refractivity contribution in [3.63, 3.8) is 0 Å². The van der Waals surface area contributed by atoms with Gasteiger partial charge in [0.15, 0.2) is 0 Å². The van der Waals surface area contributed by atoms with Crippen LogP contribution in [-0.2, 0) is 16.0 Å². The highest BCUT2D eigenvalue weighted by atomic mass is 16.2. The fraction of sp³-hybridized carbons (Fsp3) is 0.467. The minimum Gasteiger partial charge on any atom is -0.399 e. The maximum atomic E-state index is 12.3. The number of amides is 2. The van der Waals surface area contributed by atoms with Gasteiger partial charge in [-0.3, -0.25) is 9.59 Å². The van der Waals surface area contributed by atoms with E-state index >= 15 is 0 Å². The van der Waals surface area contributed by atoms with Crippen molar-refractivity contribution in [1.82, 2.24) is 10.2 Å². The highest BCUT2D eigenvalue weighted by Gasteiger charge is 2.23. The van der Waals surface area contributed by atoms with Gasteiger partial charge >= 0.3 is 0 Å². The van der Waals surface area contributed by atoms with Crippen LogP contribution in [-0.4, -0.2) is 35.8 Å². The van der Waals surface area contributed by atoms with Crippen molar-refractivity contribution >= 4 is 17.5 Å². The van der Waals surface area contributed by atoms with Gasteiger partial charge in [-0.25, -0.2) is 0 Å². The first-order valence-corrected chi connectivity index (χ1v) is 6.94. The van der Waals surface area contributed by atoms with Crippen molar-refractivity contribution in [2.75, 3.05) is 18.8 Å². The third-order valence-corrected chi connectivity index (χ3v) is 3.49. The molecule has 0 saturated carbocycles. The number of hydrogen-bond donors (Lipinski definition) is 2. The Labute approximate surface area is 119 Å². The number of hydrogen-bond acceptors (Lipinski definition) is 3. The number of nitrogens with two attached hydrogens (primary N) is 1. The van der Waals surface area contributed by atoms with Crippen LogP contribution in [0.4, 0.5) is 5.69 Å². The Hall–Kier alpha value is -2.04. The van der Waals surface area contributed by atoms with E-state index < -0.39 is 0 Å². The number of carbonyl (C=O) groups excluding carboxylic acids is 2. The van der Waals surface area contributed by atoms with E-state index in [1.807, 2.05) is 29.2 Å². The van der Waals surface area contributed by atoms with Crippen LogP contribution in [0.1, 0.15) is 25.3 Å². The Balaban J connectivity index is 1.93. The maximum Gasteiger partial charge on any atom is 0.227 e. The molecule has 1 heterocycles. The molecule has 2 amide bonds. The number of nitrogens with one attached hydrogen (secondary N) is 1. The van der Waals surface area contributed by atoms with E-state index in [0.29, 0.717) is 18.7 Å². The summed E-state index contributed by atoms with van der Waals surface area (Å²) < 4.78 is 0. The summed E-state index contributed by atoms with van der Waals surface area (Å²) in [6, 6.07) is 7.47. The van der Waals surface area contributed by atoms with E-state index in [2.05, 4.69) is 5.32 Å². The van der Waals surface area contributed by atoms with Gasteiger partial charge in [0.05, 0.1) is 6.42 Å². The molecule has 3 N–H and O–H groups in total. The smallest absolute Gasteiger partial charge is 0.227 e. The molecule has 5 nitrogen and oxygen atoms in total. The van der Waals surface area contributed by atoms with Crippen LogP contribution >= 0.6 is 0 Å². The topological polar surface area (TPSA) is 75.4 Å². The molecule has 1 unspecified atom stereocenters. The second-order valence-electron chi connectivity index (χ2n) is 5.30. The summed E-state index contributed by atoms with van der Waals surface area (Å²) in [5.74, 6) is 0.0470. The summed E-state index contributed by atoms with van der Waals surface area (Å²) in [5, 5.41) is 2.89. The van der Waals surface area contributed by atoms with Gasteiger partial charge < -0.3 is 16.0 Å². The molecule has 1 aliphatic heterocycles. The lowest BCUT2D eigenvalue weighted by Crippen LogP contribution is -2.49. The van der Waals surface area contributed by atoms with Crippen molar-refractivity contribution in [3.05, 3.63) is 29.8 Å². The molecule has 1 atom stereocenters. The molecule has 0 aliphatic carbocycles. The molecule has 1 fully saturated rings. The molecule has 1 aromatic carbocycles.